The van der Waals surface area contributed by atoms with Crippen molar-refractivity contribution in [1.82, 2.24) is 15.3 Å². The van der Waals surface area contributed by atoms with Crippen LogP contribution >= 0.6 is 0 Å². The van der Waals surface area contributed by atoms with E-state index in [9.17, 15) is 31.1 Å². The highest BCUT2D eigenvalue weighted by molar-refractivity contribution is 5.75. The minimum Gasteiger partial charge on any atom is -0.475 e. The van der Waals surface area contributed by atoms with E-state index in [4.69, 9.17) is 20.9 Å². The topological polar surface area (TPSA) is 142 Å². The van der Waals surface area contributed by atoms with Gasteiger partial charge in [0.15, 0.2) is 0 Å². The molecule has 0 fully saturated rings. The number of aromatic nitrogens is 2. The van der Waals surface area contributed by atoms with Crippen LogP contribution in [0.3, 0.4) is 0 Å². The number of aryl methyl sites for hydroxylation is 1. The number of carbonyl (C=O) groups excluding carboxylic acids is 1. The second-order valence-electron chi connectivity index (χ2n) is 6.31. The average Bonchev–Trinajstić information content (AvgIpc) is 2.72. The lowest BCUT2D eigenvalue weighted by Crippen LogP contribution is -2.29. The maximum Gasteiger partial charge on any atom is 0.490 e. The largest absolute Gasteiger partial charge is 0.490 e. The molecule has 1 aromatic carbocycles. The summed E-state index contributed by atoms with van der Waals surface area (Å²) in [5, 5.41) is 19.0. The predicted octanol–water partition coefficient (Wildman–Crippen LogP) is 2.67. The zero-order chi connectivity index (χ0) is 25.2. The lowest BCUT2D eigenvalue weighted by Gasteiger charge is -2.09. The molecule has 4 N–H and O–H groups in total. The molecule has 14 heteroatoms. The number of benzene rings is 1. The molecule has 0 saturated carbocycles. The van der Waals surface area contributed by atoms with Gasteiger partial charge < -0.3 is 16.2 Å². The Morgan fingerprint density at radius 3 is 2.27 bits per heavy atom. The van der Waals surface area contributed by atoms with E-state index in [2.05, 4.69) is 15.3 Å². The van der Waals surface area contributed by atoms with Gasteiger partial charge in [-0.15, -0.1) is 0 Å². The van der Waals surface area contributed by atoms with Crippen LogP contribution in [0.25, 0.3) is 11.3 Å². The van der Waals surface area contributed by atoms with E-state index in [1.165, 1.54) is 12.1 Å². The third kappa shape index (κ3) is 9.95. The molecule has 33 heavy (non-hydrogen) atoms. The molecule has 0 bridgehead atoms. The SMILES string of the molecule is N#Cc1nc(CCCNCC(N)=O)cc(-c2cccc(C(F)(F)F)c2)n1.O=C(O)C(F)(F)F. The van der Waals surface area contributed by atoms with E-state index >= 15 is 0 Å². The summed E-state index contributed by atoms with van der Waals surface area (Å²) in [6.07, 6.45) is -8.47. The molecule has 0 aliphatic carbocycles. The van der Waals surface area contributed by atoms with Crippen LogP contribution in [-0.2, 0) is 22.2 Å². The van der Waals surface area contributed by atoms with E-state index in [1.807, 2.05) is 6.07 Å². The van der Waals surface area contributed by atoms with Gasteiger partial charge in [-0.25, -0.2) is 14.8 Å². The molecule has 0 aliphatic heterocycles. The summed E-state index contributed by atoms with van der Waals surface area (Å²) in [7, 11) is 0. The van der Waals surface area contributed by atoms with Crippen LogP contribution in [0.15, 0.2) is 30.3 Å². The van der Waals surface area contributed by atoms with E-state index in [1.54, 1.807) is 6.07 Å². The van der Waals surface area contributed by atoms with E-state index in [0.29, 0.717) is 25.1 Å². The summed E-state index contributed by atoms with van der Waals surface area (Å²) in [4.78, 5) is 27.6. The van der Waals surface area contributed by atoms with Crippen LogP contribution in [-0.4, -0.2) is 46.2 Å². The van der Waals surface area contributed by atoms with Crippen molar-refractivity contribution in [2.75, 3.05) is 13.1 Å². The number of alkyl halides is 6. The van der Waals surface area contributed by atoms with Gasteiger partial charge in [-0.05, 0) is 37.6 Å². The monoisotopic (exact) mass is 477 g/mol. The van der Waals surface area contributed by atoms with Crippen LogP contribution in [0, 0.1) is 11.3 Å². The highest BCUT2D eigenvalue weighted by Gasteiger charge is 2.38. The van der Waals surface area contributed by atoms with Crippen LogP contribution in [0.2, 0.25) is 0 Å². The quantitative estimate of drug-likeness (QED) is 0.411. The first-order chi connectivity index (χ1) is 15.2. The van der Waals surface area contributed by atoms with Gasteiger partial charge in [-0.3, -0.25) is 4.79 Å². The summed E-state index contributed by atoms with van der Waals surface area (Å²) in [5.74, 6) is -3.34. The van der Waals surface area contributed by atoms with Gasteiger partial charge in [-0.1, -0.05) is 12.1 Å². The third-order valence-corrected chi connectivity index (χ3v) is 3.69. The van der Waals surface area contributed by atoms with Gasteiger partial charge in [0, 0.05) is 11.3 Å². The number of nitriles is 1. The number of halogens is 6. The Balaban J connectivity index is 0.000000675. The number of primary amides is 1. The Bertz CT molecular complexity index is 1020. The van der Waals surface area contributed by atoms with E-state index in [0.717, 1.165) is 12.1 Å². The fourth-order valence-corrected chi connectivity index (χ4v) is 2.28. The van der Waals surface area contributed by atoms with Gasteiger partial charge in [0.25, 0.3) is 0 Å². The lowest BCUT2D eigenvalue weighted by molar-refractivity contribution is -0.192. The Kier molecular flexibility index (Phi) is 9.74. The van der Waals surface area contributed by atoms with Crippen LogP contribution < -0.4 is 11.1 Å². The zero-order valence-electron chi connectivity index (χ0n) is 16.7. The number of nitrogens with zero attached hydrogens (tertiary/aromatic N) is 3. The van der Waals surface area contributed by atoms with Crippen molar-refractivity contribution in [3.8, 4) is 17.3 Å². The number of nitrogens with one attached hydrogen (secondary N) is 1. The van der Waals surface area contributed by atoms with Gasteiger partial charge in [0.2, 0.25) is 11.7 Å². The molecule has 1 aromatic heterocycles. The maximum atomic E-state index is 12.9. The van der Waals surface area contributed by atoms with Crippen molar-refractivity contribution in [3.05, 3.63) is 47.4 Å². The average molecular weight is 477 g/mol. The minimum atomic E-state index is -5.08. The molecule has 0 aliphatic rings. The van der Waals surface area contributed by atoms with Gasteiger partial charge in [-0.2, -0.15) is 31.6 Å². The number of nitrogens with two attached hydrogens (primary N) is 1. The van der Waals surface area contributed by atoms with Gasteiger partial charge in [0.1, 0.15) is 6.07 Å². The summed E-state index contributed by atoms with van der Waals surface area (Å²) in [6.45, 7) is 0.566. The molecule has 178 valence electrons. The molecular formula is C19H17F6N5O3. The van der Waals surface area contributed by atoms with Crippen molar-refractivity contribution in [2.45, 2.75) is 25.2 Å². The molecule has 1 amide bonds. The standard InChI is InChI=1S/C17H16F3N5O.C2HF3O2/c18-17(19,20)12-4-1-3-11(7-12)14-8-13(24-16(9-21)25-14)5-2-6-23-10-15(22)26;3-2(4,5)1(6)7/h1,3-4,7-8,23H,2,5-6,10H2,(H2,22,26);(H,6,7). The fourth-order valence-electron chi connectivity index (χ4n) is 2.28. The molecule has 0 saturated heterocycles. The van der Waals surface area contributed by atoms with Crippen LogP contribution in [0.5, 0.6) is 0 Å². The van der Waals surface area contributed by atoms with E-state index < -0.39 is 29.8 Å². The number of carbonyl (C=O) groups is 2. The number of hydrogen-bond donors (Lipinski definition) is 3. The summed E-state index contributed by atoms with van der Waals surface area (Å²) in [6, 6.07) is 8.13. The molecule has 2 aromatic rings. The molecule has 0 radical (unpaired) electrons. The smallest absolute Gasteiger partial charge is 0.475 e. The Labute approximate surface area is 183 Å². The molecule has 0 atom stereocenters. The molecule has 2 rings (SSSR count). The highest BCUT2D eigenvalue weighted by atomic mass is 19.4. The Morgan fingerprint density at radius 2 is 1.76 bits per heavy atom. The summed E-state index contributed by atoms with van der Waals surface area (Å²) in [5.41, 5.74) is 5.27. The Morgan fingerprint density at radius 1 is 1.12 bits per heavy atom. The van der Waals surface area contributed by atoms with Crippen LogP contribution in [0.4, 0.5) is 26.3 Å². The molecular weight excluding hydrogens is 460 g/mol. The first-order valence-electron chi connectivity index (χ1n) is 8.99. The molecule has 1 heterocycles. The number of aliphatic carboxylic acids is 1. The van der Waals surface area contributed by atoms with Crippen molar-refractivity contribution in [1.29, 1.82) is 5.26 Å². The minimum absolute atomic E-state index is 0.0582. The number of hydrogen-bond acceptors (Lipinski definition) is 6. The van der Waals surface area contributed by atoms with Gasteiger partial charge >= 0.3 is 18.3 Å². The normalized spacial score (nSPS) is 11.2. The van der Waals surface area contributed by atoms with Crippen molar-refractivity contribution in [3.63, 3.8) is 0 Å². The van der Waals surface area contributed by atoms with Crippen molar-refractivity contribution >= 4 is 11.9 Å². The van der Waals surface area contributed by atoms with Crippen molar-refractivity contribution in [2.24, 2.45) is 5.73 Å². The summed E-state index contributed by atoms with van der Waals surface area (Å²) >= 11 is 0. The number of rotatable bonds is 7. The molecule has 0 spiro atoms. The second kappa shape index (κ2) is 11.8. The van der Waals surface area contributed by atoms with Crippen LogP contribution in [0.1, 0.15) is 23.5 Å². The third-order valence-electron chi connectivity index (χ3n) is 3.69. The second-order valence-corrected chi connectivity index (χ2v) is 6.31. The first kappa shape index (κ1) is 27.3. The molecule has 8 nitrogen and oxygen atoms in total. The van der Waals surface area contributed by atoms with Gasteiger partial charge in [0.05, 0.1) is 17.8 Å². The lowest BCUT2D eigenvalue weighted by atomic mass is 10.1. The number of amides is 1. The predicted molar refractivity (Wildman–Crippen MR) is 101 cm³/mol. The number of carboxylic acid groups (broad SMARTS) is 1. The van der Waals surface area contributed by atoms with E-state index in [-0.39, 0.29) is 23.6 Å². The maximum absolute atomic E-state index is 12.9. The number of carboxylic acids is 1. The zero-order valence-corrected chi connectivity index (χ0v) is 16.7. The molecule has 0 unspecified atom stereocenters. The highest BCUT2D eigenvalue weighted by Crippen LogP contribution is 2.31. The Hall–Kier alpha value is -3.73. The van der Waals surface area contributed by atoms with Crippen molar-refractivity contribution < 1.29 is 41.0 Å². The first-order valence-corrected chi connectivity index (χ1v) is 8.99. The summed E-state index contributed by atoms with van der Waals surface area (Å²) < 4.78 is 70.4. The fraction of sp³-hybridized carbons (Fsp3) is 0.316.